The Kier molecular flexibility index (Phi) is 3.80. The first-order valence-electron chi connectivity index (χ1n) is 4.35. The lowest BCUT2D eigenvalue weighted by Crippen LogP contribution is -2.08. The number of carbonyl (C=O) groups is 1. The lowest BCUT2D eigenvalue weighted by atomic mass is 10.0. The Morgan fingerprint density at radius 3 is 2.44 bits per heavy atom. The fourth-order valence-electron chi connectivity index (χ4n) is 1.17. The number of Topliss-reactive ketones (excluding diaryl/α,β-unsaturated/α-hetero) is 1. The topological polar surface area (TPSA) is 37.3 Å². The van der Waals surface area contributed by atoms with Crippen LogP contribution in [0.4, 0.5) is 13.2 Å². The number of hydrogen-bond acceptors (Lipinski definition) is 2. The number of alkyl halides is 4. The SMILES string of the molecule is O=C(CCCl)c1cc(O)cc(C(F)(F)F)c1. The second kappa shape index (κ2) is 4.74. The van der Waals surface area contributed by atoms with Crippen LogP contribution in [0.15, 0.2) is 18.2 Å². The van der Waals surface area contributed by atoms with Crippen molar-refractivity contribution in [2.24, 2.45) is 0 Å². The number of phenols is 1. The van der Waals surface area contributed by atoms with Crippen LogP contribution in [0, 0.1) is 0 Å². The largest absolute Gasteiger partial charge is 0.508 e. The van der Waals surface area contributed by atoms with Crippen LogP contribution in [0.2, 0.25) is 0 Å². The number of ketones is 1. The van der Waals surface area contributed by atoms with E-state index in [0.29, 0.717) is 12.1 Å². The third-order valence-electron chi connectivity index (χ3n) is 1.89. The van der Waals surface area contributed by atoms with Crippen LogP contribution >= 0.6 is 11.6 Å². The van der Waals surface area contributed by atoms with E-state index in [1.807, 2.05) is 0 Å². The van der Waals surface area contributed by atoms with E-state index in [4.69, 9.17) is 16.7 Å². The van der Waals surface area contributed by atoms with Crippen LogP contribution in [0.5, 0.6) is 5.75 Å². The van der Waals surface area contributed by atoms with Gasteiger partial charge >= 0.3 is 6.18 Å². The fourth-order valence-corrected chi connectivity index (χ4v) is 1.34. The van der Waals surface area contributed by atoms with E-state index in [1.165, 1.54) is 0 Å². The highest BCUT2D eigenvalue weighted by Crippen LogP contribution is 2.32. The predicted molar refractivity (Wildman–Crippen MR) is 52.8 cm³/mol. The highest BCUT2D eigenvalue weighted by molar-refractivity contribution is 6.19. The molecule has 1 aromatic rings. The predicted octanol–water partition coefficient (Wildman–Crippen LogP) is 3.22. The second-order valence-corrected chi connectivity index (χ2v) is 3.51. The molecule has 0 atom stereocenters. The van der Waals surface area contributed by atoms with E-state index in [0.717, 1.165) is 6.07 Å². The van der Waals surface area contributed by atoms with Crippen LogP contribution in [-0.2, 0) is 6.18 Å². The summed E-state index contributed by atoms with van der Waals surface area (Å²) in [4.78, 5) is 11.3. The molecule has 0 bridgehead atoms. The molecule has 1 aromatic carbocycles. The van der Waals surface area contributed by atoms with Crippen LogP contribution in [-0.4, -0.2) is 16.8 Å². The summed E-state index contributed by atoms with van der Waals surface area (Å²) in [5.41, 5.74) is -1.24. The third kappa shape index (κ3) is 3.13. The number of hydrogen-bond donors (Lipinski definition) is 1. The lowest BCUT2D eigenvalue weighted by Gasteiger charge is -2.09. The van der Waals surface area contributed by atoms with Gasteiger partial charge in [-0.15, -0.1) is 11.6 Å². The van der Waals surface area contributed by atoms with E-state index in [9.17, 15) is 18.0 Å². The van der Waals surface area contributed by atoms with Gasteiger partial charge in [0, 0.05) is 17.9 Å². The summed E-state index contributed by atoms with van der Waals surface area (Å²) in [6.45, 7) is 0. The van der Waals surface area contributed by atoms with Crippen molar-refractivity contribution in [2.75, 3.05) is 5.88 Å². The standard InChI is InChI=1S/C10H8ClF3O2/c11-2-1-9(16)6-3-7(10(12,13)14)5-8(15)4-6/h3-5,15H,1-2H2. The minimum atomic E-state index is -4.59. The molecule has 0 spiro atoms. The maximum Gasteiger partial charge on any atom is 0.416 e. The zero-order valence-corrected chi connectivity index (χ0v) is 8.77. The first-order chi connectivity index (χ1) is 7.34. The second-order valence-electron chi connectivity index (χ2n) is 3.13. The first-order valence-corrected chi connectivity index (χ1v) is 4.88. The van der Waals surface area contributed by atoms with Crippen molar-refractivity contribution in [3.8, 4) is 5.75 Å². The monoisotopic (exact) mass is 252 g/mol. The van der Waals surface area contributed by atoms with E-state index in [1.54, 1.807) is 0 Å². The van der Waals surface area contributed by atoms with E-state index in [-0.39, 0.29) is 17.9 Å². The molecule has 0 saturated carbocycles. The number of benzene rings is 1. The zero-order valence-electron chi connectivity index (χ0n) is 8.01. The Bertz CT molecular complexity index is 402. The number of halogens is 4. The summed E-state index contributed by atoms with van der Waals surface area (Å²) in [5.74, 6) is -1.10. The zero-order chi connectivity index (χ0) is 12.3. The smallest absolute Gasteiger partial charge is 0.416 e. The van der Waals surface area contributed by atoms with Gasteiger partial charge in [0.15, 0.2) is 5.78 Å². The molecular formula is C10H8ClF3O2. The first kappa shape index (κ1) is 12.8. The Morgan fingerprint density at radius 1 is 1.31 bits per heavy atom. The van der Waals surface area contributed by atoms with E-state index in [2.05, 4.69) is 0 Å². The quantitative estimate of drug-likeness (QED) is 0.662. The fraction of sp³-hybridized carbons (Fsp3) is 0.300. The van der Waals surface area contributed by atoms with E-state index >= 15 is 0 Å². The Labute approximate surface area is 94.6 Å². The maximum atomic E-state index is 12.3. The molecule has 6 heteroatoms. The van der Waals surface area contributed by atoms with Crippen molar-refractivity contribution in [1.29, 1.82) is 0 Å². The molecule has 1 rings (SSSR count). The van der Waals surface area contributed by atoms with Gasteiger partial charge in [0.1, 0.15) is 5.75 Å². The summed E-state index contributed by atoms with van der Waals surface area (Å²) in [6.07, 6.45) is -4.66. The van der Waals surface area contributed by atoms with Crippen molar-refractivity contribution in [2.45, 2.75) is 12.6 Å². The molecule has 0 unspecified atom stereocenters. The lowest BCUT2D eigenvalue weighted by molar-refractivity contribution is -0.137. The van der Waals surface area contributed by atoms with Crippen molar-refractivity contribution >= 4 is 17.4 Å². The van der Waals surface area contributed by atoms with Crippen molar-refractivity contribution in [3.63, 3.8) is 0 Å². The molecule has 2 nitrogen and oxygen atoms in total. The molecule has 88 valence electrons. The maximum absolute atomic E-state index is 12.3. The summed E-state index contributed by atoms with van der Waals surface area (Å²) < 4.78 is 37.0. The summed E-state index contributed by atoms with van der Waals surface area (Å²) in [6, 6.07) is 2.26. The Hall–Kier alpha value is -1.23. The Balaban J connectivity index is 3.13. The van der Waals surface area contributed by atoms with Gasteiger partial charge in [-0.2, -0.15) is 13.2 Å². The van der Waals surface area contributed by atoms with Gasteiger partial charge in [-0.1, -0.05) is 0 Å². The molecular weight excluding hydrogens is 245 g/mol. The number of rotatable bonds is 3. The molecule has 1 N–H and O–H groups in total. The van der Waals surface area contributed by atoms with E-state index < -0.39 is 23.3 Å². The molecule has 0 aliphatic rings. The van der Waals surface area contributed by atoms with Gasteiger partial charge in [0.25, 0.3) is 0 Å². The van der Waals surface area contributed by atoms with Crippen LogP contribution in [0.3, 0.4) is 0 Å². The number of phenolic OH excluding ortho intramolecular Hbond substituents is 1. The van der Waals surface area contributed by atoms with Crippen LogP contribution in [0.1, 0.15) is 22.3 Å². The van der Waals surface area contributed by atoms with Gasteiger partial charge in [0.2, 0.25) is 0 Å². The highest BCUT2D eigenvalue weighted by atomic mass is 35.5. The average molecular weight is 253 g/mol. The molecule has 0 saturated heterocycles. The summed E-state index contributed by atoms with van der Waals surface area (Å²) in [5, 5.41) is 9.09. The van der Waals surface area contributed by atoms with Gasteiger partial charge in [0.05, 0.1) is 5.56 Å². The molecule has 16 heavy (non-hydrogen) atoms. The molecule has 0 fully saturated rings. The normalized spacial score (nSPS) is 11.5. The minimum absolute atomic E-state index is 0.0237. The molecule has 0 aromatic heterocycles. The van der Waals surface area contributed by atoms with Crippen molar-refractivity contribution < 1.29 is 23.1 Å². The summed E-state index contributed by atoms with van der Waals surface area (Å²) >= 11 is 5.31. The van der Waals surface area contributed by atoms with Gasteiger partial charge in [-0.25, -0.2) is 0 Å². The number of carbonyl (C=O) groups excluding carboxylic acids is 1. The average Bonchev–Trinajstić information content (AvgIpc) is 2.16. The Morgan fingerprint density at radius 2 is 1.94 bits per heavy atom. The minimum Gasteiger partial charge on any atom is -0.508 e. The van der Waals surface area contributed by atoms with Gasteiger partial charge in [-0.3, -0.25) is 4.79 Å². The van der Waals surface area contributed by atoms with Gasteiger partial charge < -0.3 is 5.11 Å². The molecule has 0 aliphatic heterocycles. The van der Waals surface area contributed by atoms with Crippen LogP contribution < -0.4 is 0 Å². The number of aromatic hydroxyl groups is 1. The molecule has 0 amide bonds. The molecule has 0 radical (unpaired) electrons. The van der Waals surface area contributed by atoms with Crippen molar-refractivity contribution in [3.05, 3.63) is 29.3 Å². The molecule has 0 aliphatic carbocycles. The van der Waals surface area contributed by atoms with Gasteiger partial charge in [-0.05, 0) is 18.2 Å². The highest BCUT2D eigenvalue weighted by Gasteiger charge is 2.31. The van der Waals surface area contributed by atoms with Crippen LogP contribution in [0.25, 0.3) is 0 Å². The van der Waals surface area contributed by atoms with Crippen molar-refractivity contribution in [1.82, 2.24) is 0 Å². The third-order valence-corrected chi connectivity index (χ3v) is 2.08. The summed E-state index contributed by atoms with van der Waals surface area (Å²) in [7, 11) is 0. The molecule has 0 heterocycles.